The van der Waals surface area contributed by atoms with Gasteiger partial charge in [0.2, 0.25) is 0 Å². The van der Waals surface area contributed by atoms with Crippen molar-refractivity contribution >= 4 is 17.9 Å². The molecule has 0 rings (SSSR count). The molecule has 0 aromatic heterocycles. The second-order valence-electron chi connectivity index (χ2n) is 21.6. The Morgan fingerprint density at radius 1 is 0.276 bits per heavy atom. The number of hydrogen-bond acceptors (Lipinski definition) is 6. The average Bonchev–Trinajstić information content (AvgIpc) is 3.42. The molecule has 0 aromatic rings. The first-order chi connectivity index (χ1) is 37.5. The predicted octanol–water partition coefficient (Wildman–Crippen LogP) is 22.3. The van der Waals surface area contributed by atoms with Crippen molar-refractivity contribution in [3.63, 3.8) is 0 Å². The molecule has 0 fully saturated rings. The molecule has 0 saturated carbocycles. The Bertz CT molecular complexity index is 1450. The molecule has 0 heterocycles. The molecule has 0 bridgehead atoms. The van der Waals surface area contributed by atoms with Crippen molar-refractivity contribution in [1.82, 2.24) is 0 Å². The third-order valence-electron chi connectivity index (χ3n) is 14.1. The van der Waals surface area contributed by atoms with Crippen LogP contribution in [0.25, 0.3) is 0 Å². The molecule has 1 unspecified atom stereocenters. The third-order valence-corrected chi connectivity index (χ3v) is 14.1. The van der Waals surface area contributed by atoms with Gasteiger partial charge < -0.3 is 14.2 Å². The van der Waals surface area contributed by atoms with Crippen molar-refractivity contribution in [3.8, 4) is 0 Å². The molecule has 0 amide bonds. The highest BCUT2D eigenvalue weighted by atomic mass is 16.6. The van der Waals surface area contributed by atoms with Gasteiger partial charge in [-0.05, 0) is 116 Å². The Morgan fingerprint density at radius 2 is 0.513 bits per heavy atom. The molecule has 0 aliphatic carbocycles. The van der Waals surface area contributed by atoms with Crippen LogP contribution in [0.4, 0.5) is 0 Å². The van der Waals surface area contributed by atoms with Gasteiger partial charge in [0.05, 0.1) is 0 Å². The lowest BCUT2D eigenvalue weighted by atomic mass is 10.0. The molecule has 6 heteroatoms. The van der Waals surface area contributed by atoms with Gasteiger partial charge in [-0.25, -0.2) is 0 Å². The molecule has 76 heavy (non-hydrogen) atoms. The lowest BCUT2D eigenvalue weighted by Gasteiger charge is -2.18. The summed E-state index contributed by atoms with van der Waals surface area (Å²) in [7, 11) is 0. The van der Waals surface area contributed by atoms with Gasteiger partial charge in [0, 0.05) is 19.3 Å². The first-order valence-electron chi connectivity index (χ1n) is 32.6. The van der Waals surface area contributed by atoms with E-state index in [1.165, 1.54) is 180 Å². The molecule has 0 aromatic carbocycles. The lowest BCUT2D eigenvalue weighted by molar-refractivity contribution is -0.167. The molecule has 0 N–H and O–H groups in total. The summed E-state index contributed by atoms with van der Waals surface area (Å²) in [6.07, 6.45) is 84.5. The van der Waals surface area contributed by atoms with Crippen molar-refractivity contribution < 1.29 is 28.6 Å². The molecule has 0 radical (unpaired) electrons. The number of rotatable bonds is 59. The third kappa shape index (κ3) is 61.4. The van der Waals surface area contributed by atoms with Crippen LogP contribution in [0.3, 0.4) is 0 Å². The second-order valence-corrected chi connectivity index (χ2v) is 21.6. The quantitative estimate of drug-likeness (QED) is 0.0261. The van der Waals surface area contributed by atoms with E-state index in [1.807, 2.05) is 0 Å². The minimum Gasteiger partial charge on any atom is -0.462 e. The lowest BCUT2D eigenvalue weighted by Crippen LogP contribution is -2.30. The van der Waals surface area contributed by atoms with E-state index in [2.05, 4.69) is 106 Å². The minimum atomic E-state index is -0.786. The monoisotopic (exact) mass is 1060 g/mol. The van der Waals surface area contributed by atoms with Gasteiger partial charge in [0.25, 0.3) is 0 Å². The summed E-state index contributed by atoms with van der Waals surface area (Å²) in [5, 5.41) is 0. The van der Waals surface area contributed by atoms with E-state index in [9.17, 15) is 14.4 Å². The minimum absolute atomic E-state index is 0.0814. The fourth-order valence-electron chi connectivity index (χ4n) is 9.23. The van der Waals surface area contributed by atoms with E-state index in [1.54, 1.807) is 0 Å². The van der Waals surface area contributed by atoms with Crippen LogP contribution in [-0.2, 0) is 28.6 Å². The standard InChI is InChI=1S/C70H122O6/c1-4-7-10-13-16-19-22-25-27-29-31-33-34-35-36-38-39-41-43-45-48-51-54-57-60-63-69(72)75-66-67(65-74-68(71)62-59-56-53-50-47-24-21-18-15-12-9-6-3)76-70(73)64-61-58-55-52-49-46-44-42-40-37-32-30-28-26-23-20-17-14-11-8-5-2/h8,11,17-18,20-22,25-26,28-29,31-32,37,67H,4-7,9-10,12-16,19,23-24,27,30,33-36,38-66H2,1-3H3/b11-8-,20-17-,21-18-,25-22-,28-26-,31-29-,37-32-. The zero-order chi connectivity index (χ0) is 55.0. The Hall–Kier alpha value is -3.41. The number of ether oxygens (including phenoxy) is 3. The normalized spacial score (nSPS) is 12.6. The van der Waals surface area contributed by atoms with Crippen LogP contribution < -0.4 is 0 Å². The zero-order valence-electron chi connectivity index (χ0n) is 50.3. The van der Waals surface area contributed by atoms with Crippen molar-refractivity contribution in [2.24, 2.45) is 0 Å². The summed E-state index contributed by atoms with van der Waals surface area (Å²) in [5.74, 6) is -0.888. The van der Waals surface area contributed by atoms with Gasteiger partial charge in [-0.3, -0.25) is 14.4 Å². The molecule has 0 aliphatic heterocycles. The van der Waals surface area contributed by atoms with Crippen LogP contribution in [-0.4, -0.2) is 37.2 Å². The molecule has 0 spiro atoms. The van der Waals surface area contributed by atoms with E-state index in [0.29, 0.717) is 19.3 Å². The van der Waals surface area contributed by atoms with Crippen LogP contribution in [0.15, 0.2) is 85.1 Å². The van der Waals surface area contributed by atoms with Crippen LogP contribution >= 0.6 is 0 Å². The summed E-state index contributed by atoms with van der Waals surface area (Å²) in [5.41, 5.74) is 0. The van der Waals surface area contributed by atoms with Crippen molar-refractivity contribution in [3.05, 3.63) is 85.1 Å². The molecule has 1 atom stereocenters. The summed E-state index contributed by atoms with van der Waals surface area (Å²) in [4.78, 5) is 38.3. The fraction of sp³-hybridized carbons (Fsp3) is 0.757. The smallest absolute Gasteiger partial charge is 0.306 e. The maximum absolute atomic E-state index is 12.9. The Labute approximate surface area is 471 Å². The second kappa shape index (κ2) is 64.1. The number of carbonyl (C=O) groups excluding carboxylic acids is 3. The van der Waals surface area contributed by atoms with E-state index < -0.39 is 6.10 Å². The molecule has 438 valence electrons. The first-order valence-corrected chi connectivity index (χ1v) is 32.6. The summed E-state index contributed by atoms with van der Waals surface area (Å²) in [6, 6.07) is 0. The molecular formula is C70H122O6. The maximum atomic E-state index is 12.9. The van der Waals surface area contributed by atoms with E-state index >= 15 is 0 Å². The number of carbonyl (C=O) groups is 3. The average molecular weight is 1060 g/mol. The SMILES string of the molecule is CC/C=C\C/C=C\C/C=C\C/C=C\CCCCCCCCCCC(=O)OC(COC(=O)CCCCCCC/C=C\CCCCC)COC(=O)CCCCCCCCCCCCCCC/C=C\C/C=C\CCCCCCC. The van der Waals surface area contributed by atoms with E-state index in [4.69, 9.17) is 14.2 Å². The van der Waals surface area contributed by atoms with Gasteiger partial charge in [-0.15, -0.1) is 0 Å². The van der Waals surface area contributed by atoms with Gasteiger partial charge in [0.15, 0.2) is 6.10 Å². The Morgan fingerprint density at radius 3 is 0.842 bits per heavy atom. The van der Waals surface area contributed by atoms with Crippen LogP contribution in [0.2, 0.25) is 0 Å². The largest absolute Gasteiger partial charge is 0.462 e. The highest BCUT2D eigenvalue weighted by Crippen LogP contribution is 2.16. The van der Waals surface area contributed by atoms with Gasteiger partial charge >= 0.3 is 17.9 Å². The number of hydrogen-bond donors (Lipinski definition) is 0. The number of unbranched alkanes of at least 4 members (excludes halogenated alkanes) is 34. The van der Waals surface area contributed by atoms with Gasteiger partial charge in [-0.2, -0.15) is 0 Å². The zero-order valence-corrected chi connectivity index (χ0v) is 50.3. The van der Waals surface area contributed by atoms with Crippen LogP contribution in [0, 0.1) is 0 Å². The number of allylic oxidation sites excluding steroid dienone is 14. The first kappa shape index (κ1) is 72.6. The summed E-state index contributed by atoms with van der Waals surface area (Å²) in [6.45, 7) is 6.51. The van der Waals surface area contributed by atoms with Crippen molar-refractivity contribution in [2.45, 2.75) is 329 Å². The topological polar surface area (TPSA) is 78.9 Å². The van der Waals surface area contributed by atoms with Crippen LogP contribution in [0.1, 0.15) is 323 Å². The summed E-state index contributed by atoms with van der Waals surface area (Å²) < 4.78 is 16.9. The molecule has 0 aliphatic rings. The number of esters is 3. The molecular weight excluding hydrogens is 937 g/mol. The summed E-state index contributed by atoms with van der Waals surface area (Å²) >= 11 is 0. The Kier molecular flexibility index (Phi) is 61.2. The van der Waals surface area contributed by atoms with Crippen molar-refractivity contribution in [1.29, 1.82) is 0 Å². The van der Waals surface area contributed by atoms with Crippen molar-refractivity contribution in [2.75, 3.05) is 13.2 Å². The van der Waals surface area contributed by atoms with Gasteiger partial charge in [-0.1, -0.05) is 273 Å². The fourth-order valence-corrected chi connectivity index (χ4v) is 9.23. The maximum Gasteiger partial charge on any atom is 0.306 e. The highest BCUT2D eigenvalue weighted by Gasteiger charge is 2.19. The molecule has 6 nitrogen and oxygen atoms in total. The van der Waals surface area contributed by atoms with E-state index in [-0.39, 0.29) is 31.1 Å². The highest BCUT2D eigenvalue weighted by molar-refractivity contribution is 5.71. The Balaban J connectivity index is 4.29. The predicted molar refractivity (Wildman–Crippen MR) is 330 cm³/mol. The van der Waals surface area contributed by atoms with Gasteiger partial charge in [0.1, 0.15) is 13.2 Å². The van der Waals surface area contributed by atoms with Crippen LogP contribution in [0.5, 0.6) is 0 Å². The molecule has 0 saturated heterocycles. The van der Waals surface area contributed by atoms with E-state index in [0.717, 1.165) is 103 Å².